The van der Waals surface area contributed by atoms with Gasteiger partial charge in [-0.05, 0) is 104 Å². The molecule has 9 aromatic rings. The van der Waals surface area contributed by atoms with Crippen LogP contribution in [0.4, 0.5) is 0 Å². The molecule has 5 heteroatoms. The van der Waals surface area contributed by atoms with Crippen LogP contribution in [0.1, 0.15) is 0 Å². The van der Waals surface area contributed by atoms with Crippen LogP contribution in [0.2, 0.25) is 0 Å². The molecule has 254 valence electrons. The summed E-state index contributed by atoms with van der Waals surface area (Å²) in [5.74, 6) is 1.76. The molecule has 0 radical (unpaired) electrons. The molecule has 0 N–H and O–H groups in total. The topological polar surface area (TPSA) is 64.5 Å². The minimum atomic E-state index is 0.585. The third kappa shape index (κ3) is 6.94. The summed E-state index contributed by atoms with van der Waals surface area (Å²) in [6, 6.07) is 61.6. The van der Waals surface area contributed by atoms with Crippen molar-refractivity contribution in [2.45, 2.75) is 0 Å². The lowest BCUT2D eigenvalue weighted by atomic mass is 9.91. The van der Waals surface area contributed by atoms with Gasteiger partial charge in [0.05, 0.1) is 0 Å². The van der Waals surface area contributed by atoms with Gasteiger partial charge in [0.2, 0.25) is 0 Å². The van der Waals surface area contributed by atoms with Crippen LogP contribution >= 0.6 is 0 Å². The summed E-state index contributed by atoms with van der Waals surface area (Å²) in [6.07, 6.45) is 7.00. The highest BCUT2D eigenvalue weighted by Gasteiger charge is 2.14. The second-order valence-electron chi connectivity index (χ2n) is 13.0. The van der Waals surface area contributed by atoms with Gasteiger partial charge in [0.1, 0.15) is 0 Å². The zero-order chi connectivity index (χ0) is 36.1. The fourth-order valence-corrected chi connectivity index (χ4v) is 6.70. The fourth-order valence-electron chi connectivity index (χ4n) is 6.70. The van der Waals surface area contributed by atoms with E-state index < -0.39 is 0 Å². The van der Waals surface area contributed by atoms with Gasteiger partial charge in [0.15, 0.2) is 17.5 Å². The Morgan fingerprint density at radius 2 is 0.500 bits per heavy atom. The van der Waals surface area contributed by atoms with Gasteiger partial charge >= 0.3 is 0 Å². The van der Waals surface area contributed by atoms with E-state index in [0.717, 1.165) is 50.1 Å². The first-order valence-corrected chi connectivity index (χ1v) is 17.9. The molecular formula is C49H33N5. The molecule has 0 bridgehead atoms. The van der Waals surface area contributed by atoms with Crippen LogP contribution in [-0.2, 0) is 0 Å². The zero-order valence-electron chi connectivity index (χ0n) is 29.3. The summed E-state index contributed by atoms with van der Waals surface area (Å²) in [5, 5.41) is 0. The number of benzene rings is 6. The van der Waals surface area contributed by atoms with Crippen molar-refractivity contribution in [3.05, 3.63) is 201 Å². The normalized spacial score (nSPS) is 11.0. The largest absolute Gasteiger partial charge is 0.265 e. The molecule has 3 aromatic heterocycles. The van der Waals surface area contributed by atoms with E-state index in [1.54, 1.807) is 24.8 Å². The molecule has 0 aliphatic rings. The number of aromatic nitrogens is 5. The molecule has 0 aliphatic carbocycles. The predicted molar refractivity (Wildman–Crippen MR) is 219 cm³/mol. The standard InChI is InChI=1S/C49H33N5/c1-3-8-34(9-4-1)36-14-18-38(19-15-36)44-31-45(39-20-16-37(17-21-39)35-10-5-2-6-11-35)33-46(32-44)42-12-7-13-43(30-42)49-53-47(40-22-26-50-27-23-40)52-48(54-49)41-24-28-51-29-25-41/h1-33H. The zero-order valence-corrected chi connectivity index (χ0v) is 29.3. The molecule has 0 saturated carbocycles. The van der Waals surface area contributed by atoms with Crippen molar-refractivity contribution in [1.82, 2.24) is 24.9 Å². The Bertz CT molecular complexity index is 2500. The minimum absolute atomic E-state index is 0.585. The van der Waals surface area contributed by atoms with E-state index in [9.17, 15) is 0 Å². The molecule has 0 aliphatic heterocycles. The van der Waals surface area contributed by atoms with Gasteiger partial charge in [0.25, 0.3) is 0 Å². The van der Waals surface area contributed by atoms with E-state index in [0.29, 0.717) is 17.5 Å². The minimum Gasteiger partial charge on any atom is -0.265 e. The summed E-state index contributed by atoms with van der Waals surface area (Å²) in [5.41, 5.74) is 14.2. The molecule has 6 aromatic carbocycles. The van der Waals surface area contributed by atoms with Gasteiger partial charge < -0.3 is 0 Å². The van der Waals surface area contributed by atoms with Gasteiger partial charge in [-0.3, -0.25) is 9.97 Å². The number of hydrogen-bond donors (Lipinski definition) is 0. The summed E-state index contributed by atoms with van der Waals surface area (Å²) < 4.78 is 0. The molecule has 0 unspecified atom stereocenters. The molecule has 5 nitrogen and oxygen atoms in total. The van der Waals surface area contributed by atoms with Crippen molar-refractivity contribution in [3.63, 3.8) is 0 Å². The van der Waals surface area contributed by atoms with Crippen LogP contribution in [0.5, 0.6) is 0 Å². The van der Waals surface area contributed by atoms with Crippen LogP contribution in [0, 0.1) is 0 Å². The molecule has 0 saturated heterocycles. The molecule has 0 atom stereocenters. The van der Waals surface area contributed by atoms with Gasteiger partial charge in [0, 0.05) is 41.5 Å². The Morgan fingerprint density at radius 1 is 0.204 bits per heavy atom. The van der Waals surface area contributed by atoms with E-state index in [1.807, 2.05) is 36.4 Å². The Kier molecular flexibility index (Phi) is 8.86. The van der Waals surface area contributed by atoms with Gasteiger partial charge in [-0.2, -0.15) is 0 Å². The fraction of sp³-hybridized carbons (Fsp3) is 0. The Labute approximate surface area is 314 Å². The van der Waals surface area contributed by atoms with Crippen LogP contribution < -0.4 is 0 Å². The lowest BCUT2D eigenvalue weighted by Crippen LogP contribution is -2.00. The first-order chi connectivity index (χ1) is 26.7. The highest BCUT2D eigenvalue weighted by atomic mass is 15.0. The maximum absolute atomic E-state index is 4.97. The lowest BCUT2D eigenvalue weighted by Gasteiger charge is -2.13. The Hall–Kier alpha value is -7.37. The highest BCUT2D eigenvalue weighted by Crippen LogP contribution is 2.36. The van der Waals surface area contributed by atoms with Gasteiger partial charge in [-0.1, -0.05) is 127 Å². The quantitative estimate of drug-likeness (QED) is 0.159. The molecule has 9 rings (SSSR count). The first-order valence-electron chi connectivity index (χ1n) is 17.9. The smallest absolute Gasteiger partial charge is 0.164 e. The number of hydrogen-bond acceptors (Lipinski definition) is 5. The first kappa shape index (κ1) is 32.5. The molecule has 0 amide bonds. The monoisotopic (exact) mass is 691 g/mol. The molecule has 54 heavy (non-hydrogen) atoms. The van der Waals surface area contributed by atoms with E-state index in [-0.39, 0.29) is 0 Å². The van der Waals surface area contributed by atoms with E-state index in [2.05, 4.69) is 149 Å². The number of rotatable bonds is 8. The Balaban J connectivity index is 1.15. The van der Waals surface area contributed by atoms with Crippen LogP contribution in [-0.4, -0.2) is 24.9 Å². The van der Waals surface area contributed by atoms with Crippen molar-refractivity contribution < 1.29 is 0 Å². The van der Waals surface area contributed by atoms with Crippen molar-refractivity contribution in [2.75, 3.05) is 0 Å². The van der Waals surface area contributed by atoms with E-state index >= 15 is 0 Å². The van der Waals surface area contributed by atoms with E-state index in [1.165, 1.54) is 22.3 Å². The summed E-state index contributed by atoms with van der Waals surface area (Å²) in [4.78, 5) is 23.2. The highest BCUT2D eigenvalue weighted by molar-refractivity contribution is 5.84. The SMILES string of the molecule is c1ccc(-c2ccc(-c3cc(-c4ccc(-c5ccccc5)cc4)cc(-c4cccc(-c5nc(-c6ccncc6)nc(-c6ccncc6)n5)c4)c3)cc2)cc1. The van der Waals surface area contributed by atoms with Crippen LogP contribution in [0.15, 0.2) is 201 Å². The molecular weight excluding hydrogens is 659 g/mol. The number of nitrogens with zero attached hydrogens (tertiary/aromatic N) is 5. The lowest BCUT2D eigenvalue weighted by molar-refractivity contribution is 1.07. The molecule has 3 heterocycles. The third-order valence-corrected chi connectivity index (χ3v) is 9.55. The maximum Gasteiger partial charge on any atom is 0.164 e. The van der Waals surface area contributed by atoms with Crippen molar-refractivity contribution in [1.29, 1.82) is 0 Å². The third-order valence-electron chi connectivity index (χ3n) is 9.55. The second kappa shape index (κ2) is 14.7. The predicted octanol–water partition coefficient (Wildman–Crippen LogP) is 12.0. The summed E-state index contributed by atoms with van der Waals surface area (Å²) in [6.45, 7) is 0. The average molecular weight is 692 g/mol. The molecule has 0 fully saturated rings. The number of pyridine rings is 2. The van der Waals surface area contributed by atoms with Crippen LogP contribution in [0.3, 0.4) is 0 Å². The van der Waals surface area contributed by atoms with Gasteiger partial charge in [-0.25, -0.2) is 15.0 Å². The Morgan fingerprint density at radius 3 is 0.926 bits per heavy atom. The van der Waals surface area contributed by atoms with Gasteiger partial charge in [-0.15, -0.1) is 0 Å². The maximum atomic E-state index is 4.97. The average Bonchev–Trinajstić information content (AvgIpc) is 3.27. The summed E-state index contributed by atoms with van der Waals surface area (Å²) >= 11 is 0. The van der Waals surface area contributed by atoms with Crippen molar-refractivity contribution in [3.8, 4) is 89.8 Å². The van der Waals surface area contributed by atoms with Crippen LogP contribution in [0.25, 0.3) is 89.8 Å². The van der Waals surface area contributed by atoms with Crippen molar-refractivity contribution >= 4 is 0 Å². The van der Waals surface area contributed by atoms with E-state index in [4.69, 9.17) is 15.0 Å². The second-order valence-corrected chi connectivity index (χ2v) is 13.0. The molecule has 0 spiro atoms. The van der Waals surface area contributed by atoms with Crippen molar-refractivity contribution in [2.24, 2.45) is 0 Å². The summed E-state index contributed by atoms with van der Waals surface area (Å²) in [7, 11) is 0.